The number of methoxy groups -OCH3 is 5. The van der Waals surface area contributed by atoms with E-state index in [2.05, 4.69) is 49.4 Å². The molecular weight excluding hydrogens is 749 g/mol. The number of rotatable bonds is 14. The molecule has 10 nitrogen and oxygen atoms in total. The van der Waals surface area contributed by atoms with E-state index in [1.54, 1.807) is 43.5 Å². The van der Waals surface area contributed by atoms with Crippen LogP contribution >= 0.6 is 0 Å². The van der Waals surface area contributed by atoms with Crippen molar-refractivity contribution >= 4 is 0 Å². The molecule has 0 heterocycles. The maximum Gasteiger partial charge on any atom is 0.200 e. The normalized spacial score (nSPS) is 10.4. The van der Waals surface area contributed by atoms with Crippen LogP contribution in [0.4, 0.5) is 0 Å². The van der Waals surface area contributed by atoms with E-state index in [1.165, 1.54) is 51.2 Å². The van der Waals surface area contributed by atoms with Crippen molar-refractivity contribution in [2.24, 2.45) is 0 Å². The van der Waals surface area contributed by atoms with Crippen LogP contribution in [0, 0.1) is 13.8 Å². The maximum atomic E-state index is 9.93. The summed E-state index contributed by atoms with van der Waals surface area (Å²) in [5.41, 5.74) is 8.89. The first-order valence-electron chi connectivity index (χ1n) is 19.2. The zero-order chi connectivity index (χ0) is 42.9. The molecule has 0 unspecified atom stereocenters. The van der Waals surface area contributed by atoms with Crippen LogP contribution in [0.1, 0.15) is 44.5 Å². The van der Waals surface area contributed by atoms with Gasteiger partial charge in [0.25, 0.3) is 0 Å². The van der Waals surface area contributed by atoms with Crippen molar-refractivity contribution in [3.8, 4) is 57.5 Å². The second kappa shape index (κ2) is 22.3. The summed E-state index contributed by atoms with van der Waals surface area (Å²) in [5.74, 6) is 3.09. The van der Waals surface area contributed by atoms with Gasteiger partial charge in [-0.1, -0.05) is 54.1 Å². The summed E-state index contributed by atoms with van der Waals surface area (Å²) in [6.45, 7) is 4.09. The highest BCUT2D eigenvalue weighted by atomic mass is 16.5. The molecule has 0 aliphatic rings. The highest BCUT2D eigenvalue weighted by molar-refractivity contribution is 5.54. The van der Waals surface area contributed by atoms with Gasteiger partial charge in [-0.05, 0) is 146 Å². The van der Waals surface area contributed by atoms with Gasteiger partial charge in [0.15, 0.2) is 23.0 Å². The van der Waals surface area contributed by atoms with E-state index in [1.807, 2.05) is 31.2 Å². The number of hydrogen-bond acceptors (Lipinski definition) is 10. The van der Waals surface area contributed by atoms with Gasteiger partial charge in [0.1, 0.15) is 23.0 Å². The molecule has 0 spiro atoms. The Morgan fingerprint density at radius 1 is 0.339 bits per heavy atom. The standard InChI is InChI=1S/C18H22O4.C16H18O4.C15H16O2/c1-12-5-6-13(9-15(12)20-2)7-8-14-10-16(21-3)18(19)17(11-14)22-4;1-19-14-9-12(10-15(20-2)16(14)18)7-6-11-4-3-5-13(17)8-11;1-11-2-4-12(5-3-11)6-7-13-8-14(16)10-15(17)9-13/h5-6,9-11,19H,7-8H2,1-4H3;3-5,8-10,17-18H,6-7H2,1-2H3;2-5,8-10,16-17H,6-7H2,1H3. The molecule has 0 aliphatic carbocycles. The summed E-state index contributed by atoms with van der Waals surface area (Å²) in [6.07, 6.45) is 4.95. The average molecular weight is 805 g/mol. The van der Waals surface area contributed by atoms with Crippen LogP contribution < -0.4 is 23.7 Å². The topological polar surface area (TPSA) is 147 Å². The molecule has 0 saturated heterocycles. The second-order valence-electron chi connectivity index (χ2n) is 14.0. The number of phenols is 5. The number of benzene rings is 6. The summed E-state index contributed by atoms with van der Waals surface area (Å²) >= 11 is 0. The van der Waals surface area contributed by atoms with Gasteiger partial charge in [-0.25, -0.2) is 0 Å². The van der Waals surface area contributed by atoms with E-state index in [0.717, 1.165) is 72.1 Å². The predicted octanol–water partition coefficient (Wildman–Crippen LogP) is 9.60. The minimum Gasteiger partial charge on any atom is -0.508 e. The summed E-state index contributed by atoms with van der Waals surface area (Å²) in [5, 5.41) is 48.0. The summed E-state index contributed by atoms with van der Waals surface area (Å²) in [7, 11) is 7.76. The minimum atomic E-state index is 0.0103. The largest absolute Gasteiger partial charge is 0.508 e. The van der Waals surface area contributed by atoms with Crippen molar-refractivity contribution in [2.75, 3.05) is 35.5 Å². The van der Waals surface area contributed by atoms with Crippen molar-refractivity contribution in [3.63, 3.8) is 0 Å². The van der Waals surface area contributed by atoms with Crippen molar-refractivity contribution in [3.05, 3.63) is 154 Å². The smallest absolute Gasteiger partial charge is 0.200 e. The van der Waals surface area contributed by atoms with Gasteiger partial charge in [-0.2, -0.15) is 0 Å². The Labute approximate surface area is 347 Å². The third kappa shape index (κ3) is 13.7. The molecule has 0 saturated carbocycles. The van der Waals surface area contributed by atoms with Gasteiger partial charge in [-0.15, -0.1) is 0 Å². The number of hydrogen-bond donors (Lipinski definition) is 5. The van der Waals surface area contributed by atoms with Crippen molar-refractivity contribution < 1.29 is 49.2 Å². The van der Waals surface area contributed by atoms with Crippen molar-refractivity contribution in [1.82, 2.24) is 0 Å². The molecule has 5 N–H and O–H groups in total. The van der Waals surface area contributed by atoms with Gasteiger partial charge < -0.3 is 49.2 Å². The van der Waals surface area contributed by atoms with E-state index < -0.39 is 0 Å². The lowest BCUT2D eigenvalue weighted by Gasteiger charge is -2.12. The number of ether oxygens (including phenoxy) is 5. The van der Waals surface area contributed by atoms with Gasteiger partial charge >= 0.3 is 0 Å². The molecule has 0 aliphatic heterocycles. The molecule has 0 fully saturated rings. The SMILES string of the molecule is COc1cc(CCc2cc(OC)c(O)c(OC)c2)ccc1C.COc1cc(CCc2cccc(O)c2)cc(OC)c1O.Cc1ccc(CCc2cc(O)cc(O)c2)cc1. The summed E-state index contributed by atoms with van der Waals surface area (Å²) in [6, 6.07) is 33.8. The van der Waals surface area contributed by atoms with E-state index in [-0.39, 0.29) is 28.7 Å². The molecule has 0 radical (unpaired) electrons. The molecule has 0 atom stereocenters. The highest BCUT2D eigenvalue weighted by Crippen LogP contribution is 2.38. The molecule has 312 valence electrons. The first-order chi connectivity index (χ1) is 28.3. The van der Waals surface area contributed by atoms with Crippen LogP contribution in [0.5, 0.6) is 57.5 Å². The van der Waals surface area contributed by atoms with Crippen molar-refractivity contribution in [1.29, 1.82) is 0 Å². The molecule has 0 aromatic heterocycles. The molecule has 6 rings (SSSR count). The Balaban J connectivity index is 0.000000197. The third-order valence-electron chi connectivity index (χ3n) is 9.65. The van der Waals surface area contributed by atoms with Crippen LogP contribution in [0.2, 0.25) is 0 Å². The zero-order valence-corrected chi connectivity index (χ0v) is 34.9. The zero-order valence-electron chi connectivity index (χ0n) is 34.9. The van der Waals surface area contributed by atoms with Gasteiger partial charge in [0.05, 0.1) is 35.5 Å². The average Bonchev–Trinajstić information content (AvgIpc) is 3.23. The molecule has 6 aromatic rings. The van der Waals surface area contributed by atoms with Gasteiger partial charge in [-0.3, -0.25) is 0 Å². The molecular formula is C49H56O10. The predicted molar refractivity (Wildman–Crippen MR) is 231 cm³/mol. The maximum absolute atomic E-state index is 9.93. The monoisotopic (exact) mass is 804 g/mol. The second-order valence-corrected chi connectivity index (χ2v) is 14.0. The summed E-state index contributed by atoms with van der Waals surface area (Å²) < 4.78 is 26.0. The van der Waals surface area contributed by atoms with Crippen LogP contribution in [-0.4, -0.2) is 61.1 Å². The molecule has 6 aromatic carbocycles. The van der Waals surface area contributed by atoms with Gasteiger partial charge in [0, 0.05) is 6.07 Å². The molecule has 0 bridgehead atoms. The number of aryl methyl sites for hydroxylation is 8. The molecule has 10 heteroatoms. The number of aromatic hydroxyl groups is 5. The van der Waals surface area contributed by atoms with E-state index in [9.17, 15) is 25.5 Å². The fraction of sp³-hybridized carbons (Fsp3) is 0.265. The van der Waals surface area contributed by atoms with Gasteiger partial charge in [0.2, 0.25) is 11.5 Å². The quantitative estimate of drug-likeness (QED) is 0.0721. The minimum absolute atomic E-state index is 0.0103. The lowest BCUT2D eigenvalue weighted by atomic mass is 10.0. The lowest BCUT2D eigenvalue weighted by Crippen LogP contribution is -1.96. The number of phenolic OH excluding ortho intramolecular Hbond substituents is 5. The van der Waals surface area contributed by atoms with E-state index in [4.69, 9.17) is 23.7 Å². The van der Waals surface area contributed by atoms with Crippen LogP contribution in [-0.2, 0) is 38.5 Å². The van der Waals surface area contributed by atoms with Crippen LogP contribution in [0.3, 0.4) is 0 Å². The van der Waals surface area contributed by atoms with Crippen molar-refractivity contribution in [2.45, 2.75) is 52.4 Å². The fourth-order valence-electron chi connectivity index (χ4n) is 6.34. The van der Waals surface area contributed by atoms with E-state index in [0.29, 0.717) is 23.0 Å². The fourth-order valence-corrected chi connectivity index (χ4v) is 6.34. The highest BCUT2D eigenvalue weighted by Gasteiger charge is 2.13. The first kappa shape index (κ1) is 45.0. The molecule has 59 heavy (non-hydrogen) atoms. The Bertz CT molecular complexity index is 2180. The Morgan fingerprint density at radius 2 is 0.695 bits per heavy atom. The summed E-state index contributed by atoms with van der Waals surface area (Å²) in [4.78, 5) is 0. The van der Waals surface area contributed by atoms with E-state index >= 15 is 0 Å². The molecule has 0 amide bonds. The Hall–Kier alpha value is -6.68. The first-order valence-corrected chi connectivity index (χ1v) is 19.2. The lowest BCUT2D eigenvalue weighted by molar-refractivity contribution is 0.339. The van der Waals surface area contributed by atoms with Crippen LogP contribution in [0.25, 0.3) is 0 Å². The Morgan fingerprint density at radius 3 is 1.14 bits per heavy atom. The Kier molecular flexibility index (Phi) is 17.0. The van der Waals surface area contributed by atoms with Crippen LogP contribution in [0.15, 0.2) is 109 Å². The third-order valence-corrected chi connectivity index (χ3v) is 9.65.